The van der Waals surface area contributed by atoms with Gasteiger partial charge in [-0.05, 0) is 37.1 Å². The first-order chi connectivity index (χ1) is 15.3. The van der Waals surface area contributed by atoms with E-state index in [-0.39, 0.29) is 28.4 Å². The van der Waals surface area contributed by atoms with E-state index in [1.165, 1.54) is 10.4 Å². The van der Waals surface area contributed by atoms with E-state index < -0.39 is 21.7 Å². The molecule has 2 aromatic rings. The lowest BCUT2D eigenvalue weighted by atomic mass is 10.1. The van der Waals surface area contributed by atoms with E-state index in [2.05, 4.69) is 0 Å². The maximum atomic E-state index is 13.8. The summed E-state index contributed by atoms with van der Waals surface area (Å²) in [6.45, 7) is 2.04. The summed E-state index contributed by atoms with van der Waals surface area (Å²) in [4.78, 5) is 15.2. The fourth-order valence-corrected chi connectivity index (χ4v) is 7.08. The number of carbonyl (C=O) groups excluding carboxylic acids is 1. The zero-order valence-electron chi connectivity index (χ0n) is 17.6. The number of ether oxygens (including phenoxy) is 1. The Hall–Kier alpha value is -2.04. The lowest BCUT2D eigenvalue weighted by Crippen LogP contribution is -2.42. The highest BCUT2D eigenvalue weighted by atomic mass is 32.2. The van der Waals surface area contributed by atoms with Gasteiger partial charge >= 0.3 is 0 Å². The van der Waals surface area contributed by atoms with Gasteiger partial charge in [0.25, 0.3) is 10.0 Å². The number of halogens is 2. The number of benzene rings is 1. The van der Waals surface area contributed by atoms with Gasteiger partial charge in [0.15, 0.2) is 11.6 Å². The quantitative estimate of drug-likeness (QED) is 0.625. The van der Waals surface area contributed by atoms with E-state index in [4.69, 9.17) is 4.74 Å². The number of thiophene rings is 1. The van der Waals surface area contributed by atoms with Crippen LogP contribution in [0.15, 0.2) is 34.5 Å². The molecule has 2 aliphatic rings. The average Bonchev–Trinajstić information content (AvgIpc) is 3.26. The summed E-state index contributed by atoms with van der Waals surface area (Å²) in [7, 11) is -3.49. The summed E-state index contributed by atoms with van der Waals surface area (Å²) in [5.41, 5.74) is 0. The minimum atomic E-state index is -3.49. The van der Waals surface area contributed by atoms with Crippen LogP contribution in [0.25, 0.3) is 0 Å². The molecule has 0 unspecified atom stereocenters. The van der Waals surface area contributed by atoms with E-state index in [1.807, 2.05) is 0 Å². The molecule has 0 aliphatic carbocycles. The van der Waals surface area contributed by atoms with Crippen molar-refractivity contribution >= 4 is 27.3 Å². The highest BCUT2D eigenvalue weighted by molar-refractivity contribution is 7.91. The van der Waals surface area contributed by atoms with E-state index >= 15 is 0 Å². The second kappa shape index (κ2) is 9.84. The number of carbonyl (C=O) groups is 1. The average molecular weight is 485 g/mol. The zero-order valence-corrected chi connectivity index (χ0v) is 19.3. The zero-order chi connectivity index (χ0) is 22.7. The van der Waals surface area contributed by atoms with Crippen LogP contribution in [0.2, 0.25) is 0 Å². The van der Waals surface area contributed by atoms with Gasteiger partial charge in [-0.2, -0.15) is 4.31 Å². The first kappa shape index (κ1) is 23.1. The third-order valence-corrected chi connectivity index (χ3v) is 9.31. The van der Waals surface area contributed by atoms with Crippen molar-refractivity contribution in [3.8, 4) is 5.75 Å². The summed E-state index contributed by atoms with van der Waals surface area (Å²) in [6.07, 6.45) is 3.80. The van der Waals surface area contributed by atoms with E-state index in [0.717, 1.165) is 47.6 Å². The van der Waals surface area contributed by atoms with Crippen LogP contribution < -0.4 is 4.74 Å². The fraction of sp³-hybridized carbons (Fsp3) is 0.500. The van der Waals surface area contributed by atoms with Crippen molar-refractivity contribution in [1.82, 2.24) is 9.21 Å². The normalized spacial score (nSPS) is 18.6. The molecule has 0 spiro atoms. The lowest BCUT2D eigenvalue weighted by molar-refractivity contribution is -0.132. The van der Waals surface area contributed by atoms with Crippen LogP contribution in [0.3, 0.4) is 0 Å². The molecule has 4 rings (SSSR count). The van der Waals surface area contributed by atoms with E-state index in [0.29, 0.717) is 39.0 Å². The molecule has 1 amide bonds. The number of likely N-dealkylation sites (tertiary alicyclic amines) is 1. The van der Waals surface area contributed by atoms with Gasteiger partial charge in [-0.1, -0.05) is 6.42 Å². The Morgan fingerprint density at radius 3 is 2.44 bits per heavy atom. The second-order valence-corrected chi connectivity index (χ2v) is 11.5. The van der Waals surface area contributed by atoms with Crippen LogP contribution in [0, 0.1) is 11.6 Å². The molecule has 0 radical (unpaired) electrons. The molecule has 2 saturated heterocycles. The number of rotatable bonds is 6. The van der Waals surface area contributed by atoms with Crippen molar-refractivity contribution in [3.63, 3.8) is 0 Å². The Morgan fingerprint density at radius 1 is 1.03 bits per heavy atom. The van der Waals surface area contributed by atoms with Gasteiger partial charge in [0, 0.05) is 50.0 Å². The third-order valence-electron chi connectivity index (χ3n) is 5.85. The van der Waals surface area contributed by atoms with Crippen molar-refractivity contribution in [2.75, 3.05) is 26.2 Å². The molecule has 0 bridgehead atoms. The summed E-state index contributed by atoms with van der Waals surface area (Å²) >= 11 is 1.16. The Morgan fingerprint density at radius 2 is 1.75 bits per heavy atom. The summed E-state index contributed by atoms with van der Waals surface area (Å²) in [5.74, 6) is -1.45. The standard InChI is InChI=1S/C22H26F2N2O4S2/c23-16-4-6-20(19(24)14-16)30-17-8-12-25(13-9-17)21(27)15-18-5-7-22(31-18)32(28,29)26-10-2-1-3-11-26/h4-7,14,17H,1-3,8-13,15H2. The highest BCUT2D eigenvalue weighted by Gasteiger charge is 2.29. The van der Waals surface area contributed by atoms with Crippen LogP contribution in [0.5, 0.6) is 5.75 Å². The van der Waals surface area contributed by atoms with Crippen molar-refractivity contribution < 1.29 is 26.7 Å². The molecule has 3 heterocycles. The first-order valence-corrected chi connectivity index (χ1v) is 13.1. The SMILES string of the molecule is O=C(Cc1ccc(S(=O)(=O)N2CCCCC2)s1)N1CCC(Oc2ccc(F)cc2F)CC1. The summed E-state index contributed by atoms with van der Waals surface area (Å²) in [5, 5.41) is 0. The van der Waals surface area contributed by atoms with Gasteiger partial charge in [0.1, 0.15) is 16.1 Å². The molecule has 2 fully saturated rings. The van der Waals surface area contributed by atoms with Crippen molar-refractivity contribution in [2.45, 2.75) is 48.8 Å². The monoisotopic (exact) mass is 484 g/mol. The predicted molar refractivity (Wildman–Crippen MR) is 117 cm³/mol. The molecule has 6 nitrogen and oxygen atoms in total. The van der Waals surface area contributed by atoms with Crippen molar-refractivity contribution in [2.24, 2.45) is 0 Å². The summed E-state index contributed by atoms with van der Waals surface area (Å²) in [6, 6.07) is 6.52. The van der Waals surface area contributed by atoms with E-state index in [9.17, 15) is 22.0 Å². The van der Waals surface area contributed by atoms with Crippen LogP contribution in [-0.2, 0) is 21.2 Å². The molecule has 174 valence electrons. The fourth-order valence-electron chi connectivity index (χ4n) is 4.06. The number of nitrogens with zero attached hydrogens (tertiary/aromatic N) is 2. The minimum absolute atomic E-state index is 0.0113. The smallest absolute Gasteiger partial charge is 0.252 e. The van der Waals surface area contributed by atoms with Crippen molar-refractivity contribution in [1.29, 1.82) is 0 Å². The molecule has 0 atom stereocenters. The van der Waals surface area contributed by atoms with Crippen LogP contribution in [-0.4, -0.2) is 55.8 Å². The largest absolute Gasteiger partial charge is 0.487 e. The summed E-state index contributed by atoms with van der Waals surface area (Å²) < 4.78 is 59.9. The minimum Gasteiger partial charge on any atom is -0.487 e. The topological polar surface area (TPSA) is 66.9 Å². The van der Waals surface area contributed by atoms with Crippen LogP contribution in [0.4, 0.5) is 8.78 Å². The van der Waals surface area contributed by atoms with Crippen LogP contribution in [0.1, 0.15) is 37.0 Å². The van der Waals surface area contributed by atoms with Gasteiger partial charge in [-0.15, -0.1) is 11.3 Å². The first-order valence-electron chi connectivity index (χ1n) is 10.8. The molecule has 10 heteroatoms. The van der Waals surface area contributed by atoms with Crippen LogP contribution >= 0.6 is 11.3 Å². The molecular weight excluding hydrogens is 458 g/mol. The van der Waals surface area contributed by atoms with Gasteiger partial charge in [0.05, 0.1) is 6.42 Å². The van der Waals surface area contributed by atoms with E-state index in [1.54, 1.807) is 17.0 Å². The Balaban J connectivity index is 1.30. The van der Waals surface area contributed by atoms with Gasteiger partial charge < -0.3 is 9.64 Å². The maximum Gasteiger partial charge on any atom is 0.252 e. The molecule has 1 aromatic heterocycles. The predicted octanol–water partition coefficient (Wildman–Crippen LogP) is 3.81. The number of piperidine rings is 2. The molecule has 0 saturated carbocycles. The molecule has 2 aliphatic heterocycles. The number of amides is 1. The Kier molecular flexibility index (Phi) is 7.11. The van der Waals surface area contributed by atoms with Crippen molar-refractivity contribution in [3.05, 3.63) is 46.8 Å². The lowest BCUT2D eigenvalue weighted by Gasteiger charge is -2.32. The number of hydrogen-bond donors (Lipinski definition) is 0. The van der Waals surface area contributed by atoms with Gasteiger partial charge in [-0.25, -0.2) is 17.2 Å². The van der Waals surface area contributed by atoms with Gasteiger partial charge in [-0.3, -0.25) is 4.79 Å². The highest BCUT2D eigenvalue weighted by Crippen LogP contribution is 2.28. The molecule has 1 aromatic carbocycles. The maximum absolute atomic E-state index is 13.8. The Labute approximate surface area is 190 Å². The Bertz CT molecular complexity index is 1060. The molecular formula is C22H26F2N2O4S2. The van der Waals surface area contributed by atoms with Gasteiger partial charge in [0.2, 0.25) is 5.91 Å². The number of sulfonamides is 1. The molecule has 32 heavy (non-hydrogen) atoms. The molecule has 0 N–H and O–H groups in total. The third kappa shape index (κ3) is 5.29. The number of hydrogen-bond acceptors (Lipinski definition) is 5. The second-order valence-electron chi connectivity index (χ2n) is 8.14.